The molecule has 0 saturated carbocycles. The first-order valence-electron chi connectivity index (χ1n) is 8.48. The van der Waals surface area contributed by atoms with Crippen LogP contribution >= 0.6 is 11.3 Å². The van der Waals surface area contributed by atoms with E-state index in [0.29, 0.717) is 5.56 Å². The third-order valence-corrected chi connectivity index (χ3v) is 5.41. The molecule has 3 heterocycles. The summed E-state index contributed by atoms with van der Waals surface area (Å²) in [6.45, 7) is 6.82. The van der Waals surface area contributed by atoms with Crippen LogP contribution in [-0.2, 0) is 4.74 Å². The van der Waals surface area contributed by atoms with Crippen molar-refractivity contribution in [2.45, 2.75) is 13.0 Å². The average molecular weight is 359 g/mol. The number of anilines is 2. The smallest absolute Gasteiger partial charge is 0.251 e. The zero-order valence-corrected chi connectivity index (χ0v) is 15.0. The SMILES string of the molecule is Cc1nnc(N2CC(NC(=O)c3ccc(N4CCOCC4)cc3)C2)s1. The van der Waals surface area contributed by atoms with E-state index < -0.39 is 0 Å². The van der Waals surface area contributed by atoms with E-state index in [1.807, 2.05) is 31.2 Å². The van der Waals surface area contributed by atoms with Crippen LogP contribution in [0, 0.1) is 6.92 Å². The zero-order valence-electron chi connectivity index (χ0n) is 14.1. The van der Waals surface area contributed by atoms with E-state index in [4.69, 9.17) is 4.74 Å². The number of benzene rings is 1. The van der Waals surface area contributed by atoms with Crippen LogP contribution in [0.3, 0.4) is 0 Å². The van der Waals surface area contributed by atoms with Gasteiger partial charge in [0.05, 0.1) is 19.3 Å². The predicted octanol–water partition coefficient (Wildman–Crippen LogP) is 1.30. The maximum Gasteiger partial charge on any atom is 0.251 e. The van der Waals surface area contributed by atoms with Gasteiger partial charge in [0.15, 0.2) is 0 Å². The Kier molecular flexibility index (Phi) is 4.54. The van der Waals surface area contributed by atoms with Gasteiger partial charge in [0, 0.05) is 37.4 Å². The van der Waals surface area contributed by atoms with Gasteiger partial charge in [-0.15, -0.1) is 10.2 Å². The van der Waals surface area contributed by atoms with E-state index >= 15 is 0 Å². The highest BCUT2D eigenvalue weighted by Gasteiger charge is 2.30. The molecule has 0 aliphatic carbocycles. The molecule has 0 spiro atoms. The number of amides is 1. The molecular weight excluding hydrogens is 338 g/mol. The minimum absolute atomic E-state index is 0.0216. The summed E-state index contributed by atoms with van der Waals surface area (Å²) >= 11 is 1.58. The number of ether oxygens (including phenoxy) is 1. The molecule has 4 rings (SSSR count). The van der Waals surface area contributed by atoms with Gasteiger partial charge in [-0.3, -0.25) is 4.79 Å². The van der Waals surface area contributed by atoms with Gasteiger partial charge < -0.3 is 19.9 Å². The van der Waals surface area contributed by atoms with Crippen molar-refractivity contribution in [2.24, 2.45) is 0 Å². The first-order chi connectivity index (χ1) is 12.2. The molecular formula is C17H21N5O2S. The maximum absolute atomic E-state index is 12.4. The summed E-state index contributed by atoms with van der Waals surface area (Å²) in [4.78, 5) is 16.8. The summed E-state index contributed by atoms with van der Waals surface area (Å²) < 4.78 is 5.37. The van der Waals surface area contributed by atoms with Crippen molar-refractivity contribution in [2.75, 3.05) is 49.2 Å². The summed E-state index contributed by atoms with van der Waals surface area (Å²) in [6.07, 6.45) is 0. The molecule has 1 aromatic carbocycles. The van der Waals surface area contributed by atoms with Crippen LogP contribution < -0.4 is 15.1 Å². The Morgan fingerprint density at radius 3 is 2.52 bits per heavy atom. The second kappa shape index (κ2) is 6.97. The number of hydrogen-bond donors (Lipinski definition) is 1. The fourth-order valence-electron chi connectivity index (χ4n) is 3.05. The standard InChI is InChI=1S/C17H21N5O2S/c1-12-19-20-17(25-12)22-10-14(11-22)18-16(23)13-2-4-15(5-3-13)21-6-8-24-9-7-21/h2-5,14H,6-11H2,1H3,(H,18,23). The minimum Gasteiger partial charge on any atom is -0.378 e. The van der Waals surface area contributed by atoms with E-state index in [1.54, 1.807) is 11.3 Å². The molecule has 1 aromatic heterocycles. The highest BCUT2D eigenvalue weighted by Crippen LogP contribution is 2.24. The molecule has 0 radical (unpaired) electrons. The Morgan fingerprint density at radius 2 is 1.88 bits per heavy atom. The Balaban J connectivity index is 1.30. The number of morpholine rings is 1. The van der Waals surface area contributed by atoms with E-state index in [0.717, 1.165) is 55.2 Å². The van der Waals surface area contributed by atoms with Gasteiger partial charge >= 0.3 is 0 Å². The third kappa shape index (κ3) is 3.59. The van der Waals surface area contributed by atoms with Gasteiger partial charge in [-0.25, -0.2) is 0 Å². The molecule has 25 heavy (non-hydrogen) atoms. The molecule has 1 N–H and O–H groups in total. The number of carbonyl (C=O) groups is 1. The molecule has 132 valence electrons. The van der Waals surface area contributed by atoms with Gasteiger partial charge in [-0.1, -0.05) is 11.3 Å². The van der Waals surface area contributed by atoms with E-state index in [-0.39, 0.29) is 11.9 Å². The predicted molar refractivity (Wildman–Crippen MR) is 97.6 cm³/mol. The molecule has 2 aromatic rings. The minimum atomic E-state index is -0.0216. The Hall–Kier alpha value is -2.19. The summed E-state index contributed by atoms with van der Waals surface area (Å²) in [6, 6.07) is 7.97. The molecule has 2 saturated heterocycles. The van der Waals surface area contributed by atoms with Crippen LogP contribution in [0.5, 0.6) is 0 Å². The molecule has 2 fully saturated rings. The van der Waals surface area contributed by atoms with E-state index in [1.165, 1.54) is 0 Å². The van der Waals surface area contributed by atoms with Crippen molar-refractivity contribution in [1.29, 1.82) is 0 Å². The number of nitrogens with one attached hydrogen (secondary N) is 1. The van der Waals surface area contributed by atoms with Crippen LogP contribution in [0.25, 0.3) is 0 Å². The second-order valence-electron chi connectivity index (χ2n) is 6.33. The second-order valence-corrected chi connectivity index (χ2v) is 7.49. The maximum atomic E-state index is 12.4. The topological polar surface area (TPSA) is 70.6 Å². The summed E-state index contributed by atoms with van der Waals surface area (Å²) in [5.41, 5.74) is 1.84. The zero-order chi connectivity index (χ0) is 17.2. The molecule has 2 aliphatic rings. The highest BCUT2D eigenvalue weighted by molar-refractivity contribution is 7.15. The molecule has 7 nitrogen and oxygen atoms in total. The fourth-order valence-corrected chi connectivity index (χ4v) is 3.76. The van der Waals surface area contributed by atoms with Crippen molar-refractivity contribution in [3.05, 3.63) is 34.8 Å². The Bertz CT molecular complexity index is 736. The summed E-state index contributed by atoms with van der Waals surface area (Å²) in [5, 5.41) is 13.1. The normalized spacial score (nSPS) is 18.1. The number of nitrogens with zero attached hydrogens (tertiary/aromatic N) is 4. The Morgan fingerprint density at radius 1 is 1.16 bits per heavy atom. The first-order valence-corrected chi connectivity index (χ1v) is 9.29. The summed E-state index contributed by atoms with van der Waals surface area (Å²) in [5.74, 6) is -0.0216. The molecule has 8 heteroatoms. The van der Waals surface area contributed by atoms with E-state index in [2.05, 4.69) is 25.3 Å². The number of aromatic nitrogens is 2. The van der Waals surface area contributed by atoms with Gasteiger partial charge in [-0.2, -0.15) is 0 Å². The lowest BCUT2D eigenvalue weighted by molar-refractivity contribution is 0.0930. The van der Waals surface area contributed by atoms with Gasteiger partial charge in [0.25, 0.3) is 5.91 Å². The van der Waals surface area contributed by atoms with E-state index in [9.17, 15) is 4.79 Å². The number of carbonyl (C=O) groups excluding carboxylic acids is 1. The van der Waals surface area contributed by atoms with Crippen molar-refractivity contribution in [1.82, 2.24) is 15.5 Å². The van der Waals surface area contributed by atoms with Crippen LogP contribution in [0.2, 0.25) is 0 Å². The number of hydrogen-bond acceptors (Lipinski definition) is 7. The number of rotatable bonds is 4. The van der Waals surface area contributed by atoms with Crippen LogP contribution in [-0.4, -0.2) is 61.5 Å². The van der Waals surface area contributed by atoms with Gasteiger partial charge in [0.1, 0.15) is 5.01 Å². The van der Waals surface area contributed by atoms with Crippen molar-refractivity contribution >= 4 is 28.1 Å². The van der Waals surface area contributed by atoms with Crippen molar-refractivity contribution in [3.8, 4) is 0 Å². The molecule has 0 atom stereocenters. The van der Waals surface area contributed by atoms with Crippen molar-refractivity contribution < 1.29 is 9.53 Å². The summed E-state index contributed by atoms with van der Waals surface area (Å²) in [7, 11) is 0. The molecule has 1 amide bonds. The molecule has 2 aliphatic heterocycles. The van der Waals surface area contributed by atoms with Crippen LogP contribution in [0.1, 0.15) is 15.4 Å². The average Bonchev–Trinajstić information content (AvgIpc) is 3.04. The first kappa shape index (κ1) is 16.3. The van der Waals surface area contributed by atoms with Crippen LogP contribution in [0.15, 0.2) is 24.3 Å². The van der Waals surface area contributed by atoms with Gasteiger partial charge in [0.2, 0.25) is 5.13 Å². The lowest BCUT2D eigenvalue weighted by Crippen LogP contribution is -2.59. The van der Waals surface area contributed by atoms with Crippen LogP contribution in [0.4, 0.5) is 10.8 Å². The third-order valence-electron chi connectivity index (χ3n) is 4.51. The fraction of sp³-hybridized carbons (Fsp3) is 0.471. The quantitative estimate of drug-likeness (QED) is 0.887. The monoisotopic (exact) mass is 359 g/mol. The lowest BCUT2D eigenvalue weighted by atomic mass is 10.1. The highest BCUT2D eigenvalue weighted by atomic mass is 32.1. The largest absolute Gasteiger partial charge is 0.378 e. The lowest BCUT2D eigenvalue weighted by Gasteiger charge is -2.39. The molecule has 0 unspecified atom stereocenters. The van der Waals surface area contributed by atoms with Gasteiger partial charge in [-0.05, 0) is 31.2 Å². The van der Waals surface area contributed by atoms with Crippen molar-refractivity contribution in [3.63, 3.8) is 0 Å². The molecule has 0 bridgehead atoms. The number of aryl methyl sites for hydroxylation is 1. The Labute approximate surface area is 150 Å².